The summed E-state index contributed by atoms with van der Waals surface area (Å²) in [5, 5.41) is 1.15. The molecule has 1 saturated heterocycles. The van der Waals surface area contributed by atoms with Gasteiger partial charge in [-0.05, 0) is 38.4 Å². The maximum absolute atomic E-state index is 6.05. The number of nitrogens with zero attached hydrogens (tertiary/aromatic N) is 3. The molecule has 3 aromatic rings. The molecule has 1 aromatic carbocycles. The Morgan fingerprint density at radius 1 is 1.26 bits per heavy atom. The molecule has 1 fully saturated rings. The molecule has 23 heavy (non-hydrogen) atoms. The number of hydrogen-bond donors (Lipinski definition) is 0. The van der Waals surface area contributed by atoms with Crippen LogP contribution in [0, 0.1) is 0 Å². The Hall–Kier alpha value is -2.20. The predicted octanol–water partition coefficient (Wildman–Crippen LogP) is 3.92. The van der Waals surface area contributed by atoms with E-state index < -0.39 is 0 Å². The van der Waals surface area contributed by atoms with Crippen molar-refractivity contribution in [2.24, 2.45) is 0 Å². The lowest BCUT2D eigenvalue weighted by Gasteiger charge is -2.19. The first-order chi connectivity index (χ1) is 11.3. The number of furan rings is 1. The summed E-state index contributed by atoms with van der Waals surface area (Å²) in [6, 6.07) is 9.11. The topological polar surface area (TPSA) is 42.2 Å². The third-order valence-electron chi connectivity index (χ3n) is 4.77. The van der Waals surface area contributed by atoms with E-state index in [0.717, 1.165) is 41.0 Å². The van der Waals surface area contributed by atoms with Gasteiger partial charge in [0.05, 0.1) is 11.9 Å². The molecular formula is C19H21N3O. The van der Waals surface area contributed by atoms with E-state index >= 15 is 0 Å². The van der Waals surface area contributed by atoms with Crippen molar-refractivity contribution in [2.75, 3.05) is 13.1 Å². The number of aromatic nitrogens is 2. The average molecular weight is 307 g/mol. The highest BCUT2D eigenvalue weighted by atomic mass is 16.3. The summed E-state index contributed by atoms with van der Waals surface area (Å²) in [5.41, 5.74) is 2.84. The summed E-state index contributed by atoms with van der Waals surface area (Å²) in [6.45, 7) is 4.62. The fourth-order valence-corrected chi connectivity index (χ4v) is 3.40. The van der Waals surface area contributed by atoms with Gasteiger partial charge in [-0.3, -0.25) is 9.97 Å². The minimum absolute atomic E-state index is 0.711. The van der Waals surface area contributed by atoms with Crippen molar-refractivity contribution in [1.29, 1.82) is 0 Å². The molecule has 3 heterocycles. The normalized spacial score (nSPS) is 18.7. The second-order valence-electron chi connectivity index (χ2n) is 6.33. The van der Waals surface area contributed by atoms with Crippen LogP contribution >= 0.6 is 0 Å². The SMILES string of the molecule is CC1CCCN1CCc1cc2ccc(-c3cnccn3)cc2o1. The highest BCUT2D eigenvalue weighted by Gasteiger charge is 2.20. The summed E-state index contributed by atoms with van der Waals surface area (Å²) >= 11 is 0. The molecular weight excluding hydrogens is 286 g/mol. The maximum atomic E-state index is 6.05. The molecule has 0 aliphatic carbocycles. The monoisotopic (exact) mass is 307 g/mol. The molecule has 118 valence electrons. The lowest BCUT2D eigenvalue weighted by atomic mass is 10.1. The molecule has 4 heteroatoms. The molecule has 0 amide bonds. The highest BCUT2D eigenvalue weighted by Crippen LogP contribution is 2.26. The predicted molar refractivity (Wildman–Crippen MR) is 91.2 cm³/mol. The van der Waals surface area contributed by atoms with Crippen molar-refractivity contribution in [3.8, 4) is 11.3 Å². The van der Waals surface area contributed by atoms with Crippen LogP contribution < -0.4 is 0 Å². The van der Waals surface area contributed by atoms with E-state index in [1.54, 1.807) is 18.6 Å². The fraction of sp³-hybridized carbons (Fsp3) is 0.368. The van der Waals surface area contributed by atoms with Crippen LogP contribution in [0.2, 0.25) is 0 Å². The van der Waals surface area contributed by atoms with Crippen LogP contribution in [-0.4, -0.2) is 34.0 Å². The molecule has 4 rings (SSSR count). The second-order valence-corrected chi connectivity index (χ2v) is 6.33. The Kier molecular flexibility index (Phi) is 3.83. The van der Waals surface area contributed by atoms with E-state index in [0.29, 0.717) is 6.04 Å². The number of rotatable bonds is 4. The highest BCUT2D eigenvalue weighted by molar-refractivity contribution is 5.82. The summed E-state index contributed by atoms with van der Waals surface area (Å²) in [7, 11) is 0. The van der Waals surface area contributed by atoms with Gasteiger partial charge in [0.1, 0.15) is 11.3 Å². The van der Waals surface area contributed by atoms with Crippen molar-refractivity contribution in [2.45, 2.75) is 32.2 Å². The molecule has 1 aliphatic rings. The zero-order valence-electron chi connectivity index (χ0n) is 13.4. The van der Waals surface area contributed by atoms with Crippen LogP contribution in [-0.2, 0) is 6.42 Å². The van der Waals surface area contributed by atoms with E-state index in [1.165, 1.54) is 19.4 Å². The van der Waals surface area contributed by atoms with Gasteiger partial charge in [-0.15, -0.1) is 0 Å². The van der Waals surface area contributed by atoms with Gasteiger partial charge >= 0.3 is 0 Å². The summed E-state index contributed by atoms with van der Waals surface area (Å²) in [4.78, 5) is 11.0. The first-order valence-electron chi connectivity index (χ1n) is 8.32. The Labute approximate surface area is 136 Å². The van der Waals surface area contributed by atoms with Gasteiger partial charge in [0.2, 0.25) is 0 Å². The van der Waals surface area contributed by atoms with E-state index in [2.05, 4.69) is 46.1 Å². The van der Waals surface area contributed by atoms with Gasteiger partial charge in [0.25, 0.3) is 0 Å². The van der Waals surface area contributed by atoms with Gasteiger partial charge in [-0.25, -0.2) is 0 Å². The molecule has 0 radical (unpaired) electrons. The van der Waals surface area contributed by atoms with E-state index in [4.69, 9.17) is 4.42 Å². The lowest BCUT2D eigenvalue weighted by molar-refractivity contribution is 0.266. The smallest absolute Gasteiger partial charge is 0.134 e. The van der Waals surface area contributed by atoms with Gasteiger partial charge in [0, 0.05) is 42.4 Å². The summed E-state index contributed by atoms with van der Waals surface area (Å²) < 4.78 is 6.05. The van der Waals surface area contributed by atoms with Gasteiger partial charge in [-0.1, -0.05) is 12.1 Å². The molecule has 0 spiro atoms. The largest absolute Gasteiger partial charge is 0.461 e. The van der Waals surface area contributed by atoms with Crippen molar-refractivity contribution in [3.05, 3.63) is 48.6 Å². The Balaban J connectivity index is 1.54. The van der Waals surface area contributed by atoms with Crippen LogP contribution in [0.5, 0.6) is 0 Å². The quantitative estimate of drug-likeness (QED) is 0.732. The maximum Gasteiger partial charge on any atom is 0.134 e. The van der Waals surface area contributed by atoms with Crippen LogP contribution in [0.4, 0.5) is 0 Å². The minimum atomic E-state index is 0.711. The molecule has 1 atom stereocenters. The molecule has 0 N–H and O–H groups in total. The van der Waals surface area contributed by atoms with Crippen molar-refractivity contribution in [1.82, 2.24) is 14.9 Å². The standard InChI is InChI=1S/C19H21N3O/c1-14-3-2-9-22(14)10-6-17-11-16-5-4-15(12-19(16)23-17)18-13-20-7-8-21-18/h4-5,7-8,11-14H,2-3,6,9-10H2,1H3. The van der Waals surface area contributed by atoms with Crippen molar-refractivity contribution >= 4 is 11.0 Å². The number of fused-ring (bicyclic) bond motifs is 1. The third kappa shape index (κ3) is 2.99. The van der Waals surface area contributed by atoms with E-state index in [9.17, 15) is 0 Å². The average Bonchev–Trinajstić information content (AvgIpc) is 3.18. The molecule has 4 nitrogen and oxygen atoms in total. The Morgan fingerprint density at radius 3 is 3.00 bits per heavy atom. The zero-order chi connectivity index (χ0) is 15.6. The molecule has 1 unspecified atom stereocenters. The van der Waals surface area contributed by atoms with Crippen molar-refractivity contribution in [3.63, 3.8) is 0 Å². The summed E-state index contributed by atoms with van der Waals surface area (Å²) in [6.07, 6.45) is 8.79. The van der Waals surface area contributed by atoms with Gasteiger partial charge in [0.15, 0.2) is 0 Å². The van der Waals surface area contributed by atoms with Crippen LogP contribution in [0.1, 0.15) is 25.5 Å². The van der Waals surface area contributed by atoms with E-state index in [-0.39, 0.29) is 0 Å². The first-order valence-corrected chi connectivity index (χ1v) is 8.32. The second kappa shape index (κ2) is 6.13. The zero-order valence-corrected chi connectivity index (χ0v) is 13.4. The fourth-order valence-electron chi connectivity index (χ4n) is 3.40. The van der Waals surface area contributed by atoms with Gasteiger partial charge < -0.3 is 9.32 Å². The van der Waals surface area contributed by atoms with Crippen LogP contribution in [0.25, 0.3) is 22.2 Å². The summed E-state index contributed by atoms with van der Waals surface area (Å²) in [5.74, 6) is 1.07. The molecule has 0 saturated carbocycles. The Bertz CT molecular complexity index is 797. The third-order valence-corrected chi connectivity index (χ3v) is 4.77. The molecule has 2 aromatic heterocycles. The van der Waals surface area contributed by atoms with Gasteiger partial charge in [-0.2, -0.15) is 0 Å². The number of likely N-dealkylation sites (tertiary alicyclic amines) is 1. The molecule has 0 bridgehead atoms. The Morgan fingerprint density at radius 2 is 2.22 bits per heavy atom. The first kappa shape index (κ1) is 14.4. The van der Waals surface area contributed by atoms with Crippen molar-refractivity contribution < 1.29 is 4.42 Å². The molecule has 1 aliphatic heterocycles. The van der Waals surface area contributed by atoms with Crippen LogP contribution in [0.15, 0.2) is 47.3 Å². The minimum Gasteiger partial charge on any atom is -0.461 e. The van der Waals surface area contributed by atoms with Crippen LogP contribution in [0.3, 0.4) is 0 Å². The number of benzene rings is 1. The lowest BCUT2D eigenvalue weighted by Crippen LogP contribution is -2.28. The number of hydrogen-bond acceptors (Lipinski definition) is 4. The van der Waals surface area contributed by atoms with E-state index in [1.807, 2.05) is 0 Å².